The fourth-order valence-corrected chi connectivity index (χ4v) is 3.91. The summed E-state index contributed by atoms with van der Waals surface area (Å²) >= 11 is 3.61. The van der Waals surface area contributed by atoms with Crippen LogP contribution in [0.15, 0.2) is 28.7 Å². The van der Waals surface area contributed by atoms with Gasteiger partial charge in [0.2, 0.25) is 5.91 Å². The molecule has 2 aliphatic heterocycles. The summed E-state index contributed by atoms with van der Waals surface area (Å²) in [5.41, 5.74) is 1.18. The van der Waals surface area contributed by atoms with E-state index in [0.717, 1.165) is 17.4 Å². The molecule has 2 heterocycles. The molecule has 0 saturated carbocycles. The van der Waals surface area contributed by atoms with E-state index in [2.05, 4.69) is 22.0 Å². The van der Waals surface area contributed by atoms with Crippen molar-refractivity contribution >= 4 is 21.8 Å². The molecule has 0 aromatic heterocycles. The maximum absolute atomic E-state index is 12.0. The van der Waals surface area contributed by atoms with Gasteiger partial charge < -0.3 is 4.90 Å². The predicted molar refractivity (Wildman–Crippen MR) is 79.9 cm³/mol. The molecule has 2 saturated heterocycles. The van der Waals surface area contributed by atoms with Gasteiger partial charge in [0, 0.05) is 36.9 Å². The van der Waals surface area contributed by atoms with E-state index in [-0.39, 0.29) is 11.9 Å². The van der Waals surface area contributed by atoms with Crippen LogP contribution in [0.4, 0.5) is 0 Å². The molecule has 1 aromatic carbocycles. The molecule has 3 rings (SSSR count). The van der Waals surface area contributed by atoms with Crippen LogP contribution in [0.2, 0.25) is 0 Å². The van der Waals surface area contributed by atoms with Gasteiger partial charge >= 0.3 is 0 Å². The lowest BCUT2D eigenvalue weighted by molar-refractivity contribution is -0.137. The third-order valence-corrected chi connectivity index (χ3v) is 5.17. The van der Waals surface area contributed by atoms with Crippen molar-refractivity contribution in [3.8, 4) is 0 Å². The van der Waals surface area contributed by atoms with Crippen molar-refractivity contribution in [2.45, 2.75) is 25.4 Å². The van der Waals surface area contributed by atoms with Crippen LogP contribution in [0.25, 0.3) is 0 Å². The molecule has 1 amide bonds. The van der Waals surface area contributed by atoms with E-state index in [4.69, 9.17) is 4.84 Å². The van der Waals surface area contributed by atoms with Gasteiger partial charge in [0.15, 0.2) is 0 Å². The van der Waals surface area contributed by atoms with Crippen LogP contribution < -0.4 is 0 Å². The highest BCUT2D eigenvalue weighted by molar-refractivity contribution is 9.10. The van der Waals surface area contributed by atoms with Crippen LogP contribution in [-0.4, -0.2) is 42.1 Å². The number of hydroxylamine groups is 2. The summed E-state index contributed by atoms with van der Waals surface area (Å²) in [5, 5.41) is 1.96. The normalized spacial score (nSPS) is 30.4. The Kier molecular flexibility index (Phi) is 3.84. The number of likely N-dealkylation sites (tertiary alicyclic amines) is 1. The van der Waals surface area contributed by atoms with Crippen molar-refractivity contribution < 1.29 is 9.63 Å². The van der Waals surface area contributed by atoms with Gasteiger partial charge in [-0.15, -0.1) is 0 Å². The summed E-state index contributed by atoms with van der Waals surface area (Å²) < 4.78 is 1.07. The Morgan fingerprint density at radius 1 is 1.40 bits per heavy atom. The van der Waals surface area contributed by atoms with Crippen LogP contribution in [-0.2, 0) is 9.63 Å². The number of piperidine rings is 1. The van der Waals surface area contributed by atoms with Gasteiger partial charge in [-0.3, -0.25) is 9.63 Å². The number of benzene rings is 1. The SMILES string of the molecule is CC(=O)N1C[C@H]2CON(C)[C@H]2C[C@H]1c1ccccc1Br. The van der Waals surface area contributed by atoms with E-state index in [1.165, 1.54) is 5.56 Å². The molecule has 108 valence electrons. The smallest absolute Gasteiger partial charge is 0.219 e. The largest absolute Gasteiger partial charge is 0.335 e. The topological polar surface area (TPSA) is 32.8 Å². The zero-order chi connectivity index (χ0) is 14.3. The highest BCUT2D eigenvalue weighted by Gasteiger charge is 2.43. The zero-order valence-electron chi connectivity index (χ0n) is 11.8. The van der Waals surface area contributed by atoms with E-state index < -0.39 is 0 Å². The molecule has 0 bridgehead atoms. The lowest BCUT2D eigenvalue weighted by Crippen LogP contribution is -2.48. The molecule has 0 unspecified atom stereocenters. The van der Waals surface area contributed by atoms with Crippen LogP contribution in [0, 0.1) is 5.92 Å². The van der Waals surface area contributed by atoms with Crippen LogP contribution >= 0.6 is 15.9 Å². The van der Waals surface area contributed by atoms with Crippen molar-refractivity contribution in [3.05, 3.63) is 34.3 Å². The Balaban J connectivity index is 1.94. The minimum absolute atomic E-state index is 0.119. The first-order chi connectivity index (χ1) is 9.58. The van der Waals surface area contributed by atoms with E-state index >= 15 is 0 Å². The second-order valence-electron chi connectivity index (χ2n) is 5.61. The highest BCUT2D eigenvalue weighted by atomic mass is 79.9. The van der Waals surface area contributed by atoms with Gasteiger partial charge in [-0.25, -0.2) is 0 Å². The van der Waals surface area contributed by atoms with Gasteiger partial charge in [-0.05, 0) is 18.1 Å². The van der Waals surface area contributed by atoms with E-state index in [9.17, 15) is 4.79 Å². The quantitative estimate of drug-likeness (QED) is 0.789. The number of fused-ring (bicyclic) bond motifs is 1. The highest BCUT2D eigenvalue weighted by Crippen LogP contribution is 2.40. The van der Waals surface area contributed by atoms with Crippen molar-refractivity contribution in [2.24, 2.45) is 5.92 Å². The van der Waals surface area contributed by atoms with E-state index in [1.54, 1.807) is 6.92 Å². The molecular formula is C15H19BrN2O2. The second kappa shape index (κ2) is 5.47. The molecule has 0 spiro atoms. The summed E-state index contributed by atoms with van der Waals surface area (Å²) in [6.45, 7) is 3.15. The average molecular weight is 339 g/mol. The molecule has 1 aromatic rings. The minimum Gasteiger partial charge on any atom is -0.335 e. The van der Waals surface area contributed by atoms with Gasteiger partial charge in [0.05, 0.1) is 12.6 Å². The second-order valence-corrected chi connectivity index (χ2v) is 6.47. The minimum atomic E-state index is 0.119. The molecule has 2 aliphatic rings. The van der Waals surface area contributed by atoms with Crippen molar-refractivity contribution in [1.29, 1.82) is 0 Å². The first kappa shape index (κ1) is 14.0. The Bertz CT molecular complexity index is 522. The van der Waals surface area contributed by atoms with Crippen LogP contribution in [0.5, 0.6) is 0 Å². The third-order valence-electron chi connectivity index (χ3n) is 4.44. The number of amides is 1. The monoisotopic (exact) mass is 338 g/mol. The Labute approximate surface area is 127 Å². The van der Waals surface area contributed by atoms with Crippen LogP contribution in [0.1, 0.15) is 24.9 Å². The number of nitrogens with zero attached hydrogens (tertiary/aromatic N) is 2. The van der Waals surface area contributed by atoms with Crippen molar-refractivity contribution in [2.75, 3.05) is 20.2 Å². The Morgan fingerprint density at radius 2 is 2.15 bits per heavy atom. The number of hydrogen-bond donors (Lipinski definition) is 0. The number of hydrogen-bond acceptors (Lipinski definition) is 3. The van der Waals surface area contributed by atoms with Gasteiger partial charge in [0.1, 0.15) is 0 Å². The van der Waals surface area contributed by atoms with Crippen LogP contribution in [0.3, 0.4) is 0 Å². The molecule has 4 nitrogen and oxygen atoms in total. The van der Waals surface area contributed by atoms with Gasteiger partial charge in [0.25, 0.3) is 0 Å². The predicted octanol–water partition coefficient (Wildman–Crippen LogP) is 2.60. The van der Waals surface area contributed by atoms with E-state index in [0.29, 0.717) is 18.6 Å². The maximum atomic E-state index is 12.0. The molecule has 5 heteroatoms. The molecule has 20 heavy (non-hydrogen) atoms. The lowest BCUT2D eigenvalue weighted by atomic mass is 9.85. The lowest BCUT2D eigenvalue weighted by Gasteiger charge is -2.42. The number of carbonyl (C=O) groups excluding carboxylic acids is 1. The molecule has 2 fully saturated rings. The van der Waals surface area contributed by atoms with Crippen molar-refractivity contribution in [3.63, 3.8) is 0 Å². The first-order valence-corrected chi connectivity index (χ1v) is 7.74. The number of carbonyl (C=O) groups is 1. The summed E-state index contributed by atoms with van der Waals surface area (Å²) in [4.78, 5) is 19.6. The molecule has 3 atom stereocenters. The number of halogens is 1. The fraction of sp³-hybridized carbons (Fsp3) is 0.533. The zero-order valence-corrected chi connectivity index (χ0v) is 13.3. The first-order valence-electron chi connectivity index (χ1n) is 6.95. The molecule has 0 aliphatic carbocycles. The standard InChI is InChI=1S/C15H19BrN2O2/c1-10(19)18-8-11-9-20-17(2)14(11)7-15(18)12-5-3-4-6-13(12)16/h3-6,11,14-15H,7-9H2,1-2H3/t11-,14-,15-/m0/s1. The maximum Gasteiger partial charge on any atom is 0.219 e. The number of rotatable bonds is 1. The third kappa shape index (κ3) is 2.38. The summed E-state index contributed by atoms with van der Waals surface area (Å²) in [7, 11) is 1.99. The molecule has 0 radical (unpaired) electrons. The summed E-state index contributed by atoms with van der Waals surface area (Å²) in [5.74, 6) is 0.557. The Morgan fingerprint density at radius 3 is 2.85 bits per heavy atom. The van der Waals surface area contributed by atoms with Gasteiger partial charge in [-0.1, -0.05) is 34.1 Å². The average Bonchev–Trinajstić information content (AvgIpc) is 2.79. The van der Waals surface area contributed by atoms with E-state index in [1.807, 2.05) is 35.2 Å². The van der Waals surface area contributed by atoms with Crippen molar-refractivity contribution in [1.82, 2.24) is 9.96 Å². The van der Waals surface area contributed by atoms with Gasteiger partial charge in [-0.2, -0.15) is 5.06 Å². The molecular weight excluding hydrogens is 320 g/mol. The Hall–Kier alpha value is -0.910. The molecule has 0 N–H and O–H groups in total. The summed E-state index contributed by atoms with van der Waals surface area (Å²) in [6.07, 6.45) is 0.920. The fourth-order valence-electron chi connectivity index (χ4n) is 3.36. The summed E-state index contributed by atoms with van der Waals surface area (Å²) in [6, 6.07) is 8.67.